The van der Waals surface area contributed by atoms with E-state index in [-0.39, 0.29) is 0 Å². The Morgan fingerprint density at radius 1 is 1.20 bits per heavy atom. The molecule has 2 rings (SSSR count). The van der Waals surface area contributed by atoms with Gasteiger partial charge < -0.3 is 10.2 Å². The van der Waals surface area contributed by atoms with Crippen LogP contribution in [0.2, 0.25) is 0 Å². The lowest BCUT2D eigenvalue weighted by molar-refractivity contribution is 0.255. The van der Waals surface area contributed by atoms with Crippen LogP contribution < -0.4 is 10.2 Å². The Hall–Kier alpha value is -0.650. The number of piperazine rings is 1. The van der Waals surface area contributed by atoms with Crippen LogP contribution in [0.4, 0.5) is 5.13 Å². The van der Waals surface area contributed by atoms with Gasteiger partial charge in [-0.05, 0) is 18.4 Å². The summed E-state index contributed by atoms with van der Waals surface area (Å²) in [6.45, 7) is 14.8. The van der Waals surface area contributed by atoms with Crippen molar-refractivity contribution < 1.29 is 0 Å². The molecule has 1 aromatic heterocycles. The number of nitrogens with zero attached hydrogens (tertiary/aromatic N) is 3. The van der Waals surface area contributed by atoms with Gasteiger partial charge in [0.2, 0.25) is 0 Å². The summed E-state index contributed by atoms with van der Waals surface area (Å²) in [7, 11) is 0. The Kier molecular flexibility index (Phi) is 5.81. The molecule has 0 amide bonds. The summed E-state index contributed by atoms with van der Waals surface area (Å²) in [5.74, 6) is 0. The highest BCUT2D eigenvalue weighted by atomic mass is 32.1. The van der Waals surface area contributed by atoms with Gasteiger partial charge in [0.1, 0.15) is 0 Å². The normalized spacial score (nSPS) is 17.6. The van der Waals surface area contributed by atoms with Crippen LogP contribution in [0.15, 0.2) is 11.6 Å². The average Bonchev–Trinajstić information content (AvgIpc) is 2.92. The zero-order valence-corrected chi connectivity index (χ0v) is 13.9. The first-order valence-corrected chi connectivity index (χ1v) is 8.50. The van der Waals surface area contributed by atoms with Gasteiger partial charge in [0, 0.05) is 50.8 Å². The largest absolute Gasteiger partial charge is 0.346 e. The monoisotopic (exact) mass is 296 g/mol. The van der Waals surface area contributed by atoms with Gasteiger partial charge in [-0.2, -0.15) is 0 Å². The van der Waals surface area contributed by atoms with Gasteiger partial charge in [0.05, 0.1) is 0 Å². The molecule has 0 spiro atoms. The first-order chi connectivity index (χ1) is 9.54. The fourth-order valence-corrected chi connectivity index (χ4v) is 3.06. The maximum Gasteiger partial charge on any atom is 0.185 e. The molecule has 0 bridgehead atoms. The van der Waals surface area contributed by atoms with Gasteiger partial charge in [0.15, 0.2) is 5.13 Å². The maximum atomic E-state index is 4.39. The van der Waals surface area contributed by atoms with E-state index in [0.717, 1.165) is 45.8 Å². The molecule has 1 aliphatic heterocycles. The standard InChI is InChI=1S/C15H28N4S/c1-15(2,3)4-5-16-6-8-18-9-11-19(12-10-18)14-17-7-13-20-14/h7,13,16H,4-6,8-12H2,1-3H3. The Bertz CT molecular complexity index is 364. The molecule has 1 fully saturated rings. The van der Waals surface area contributed by atoms with Gasteiger partial charge in [-0.25, -0.2) is 4.98 Å². The van der Waals surface area contributed by atoms with Crippen LogP contribution in [-0.2, 0) is 0 Å². The van der Waals surface area contributed by atoms with Crippen LogP contribution in [0.25, 0.3) is 0 Å². The van der Waals surface area contributed by atoms with Crippen molar-refractivity contribution in [2.45, 2.75) is 27.2 Å². The van der Waals surface area contributed by atoms with Crippen molar-refractivity contribution in [3.05, 3.63) is 11.6 Å². The summed E-state index contributed by atoms with van der Waals surface area (Å²) in [4.78, 5) is 9.33. The van der Waals surface area contributed by atoms with Crippen LogP contribution in [0, 0.1) is 5.41 Å². The summed E-state index contributed by atoms with van der Waals surface area (Å²) in [6.07, 6.45) is 3.14. The SMILES string of the molecule is CC(C)(C)CCNCCN1CCN(c2nccs2)CC1. The molecule has 0 atom stereocenters. The highest BCUT2D eigenvalue weighted by molar-refractivity contribution is 7.13. The molecule has 1 N–H and O–H groups in total. The summed E-state index contributed by atoms with van der Waals surface area (Å²) in [6, 6.07) is 0. The minimum Gasteiger partial charge on any atom is -0.346 e. The third-order valence-corrected chi connectivity index (χ3v) is 4.55. The zero-order chi connectivity index (χ0) is 14.4. The molecule has 1 aliphatic rings. The summed E-state index contributed by atoms with van der Waals surface area (Å²) in [5.41, 5.74) is 0.437. The molecule has 5 heteroatoms. The molecular weight excluding hydrogens is 268 g/mol. The summed E-state index contributed by atoms with van der Waals surface area (Å²) in [5, 5.41) is 6.79. The zero-order valence-electron chi connectivity index (χ0n) is 13.1. The number of rotatable bonds is 6. The molecule has 20 heavy (non-hydrogen) atoms. The topological polar surface area (TPSA) is 31.4 Å². The van der Waals surface area contributed by atoms with Crippen molar-refractivity contribution in [1.82, 2.24) is 15.2 Å². The third kappa shape index (κ3) is 5.38. The van der Waals surface area contributed by atoms with Crippen LogP contribution in [0.3, 0.4) is 0 Å². The van der Waals surface area contributed by atoms with Gasteiger partial charge in [0.25, 0.3) is 0 Å². The van der Waals surface area contributed by atoms with E-state index in [2.05, 4.69) is 46.3 Å². The minimum absolute atomic E-state index is 0.437. The van der Waals surface area contributed by atoms with Crippen molar-refractivity contribution in [1.29, 1.82) is 0 Å². The third-order valence-electron chi connectivity index (χ3n) is 3.72. The molecule has 0 unspecified atom stereocenters. The predicted molar refractivity (Wildman–Crippen MR) is 87.7 cm³/mol. The van der Waals surface area contributed by atoms with E-state index < -0.39 is 0 Å². The second-order valence-electron chi connectivity index (χ2n) is 6.70. The molecule has 4 nitrogen and oxygen atoms in total. The Labute approximate surface area is 127 Å². The predicted octanol–water partition coefficient (Wildman–Crippen LogP) is 2.29. The maximum absolute atomic E-state index is 4.39. The lowest BCUT2D eigenvalue weighted by atomic mass is 9.92. The molecule has 0 aromatic carbocycles. The lowest BCUT2D eigenvalue weighted by Gasteiger charge is -2.34. The fraction of sp³-hybridized carbons (Fsp3) is 0.800. The number of nitrogens with one attached hydrogen (secondary N) is 1. The second kappa shape index (κ2) is 7.38. The number of anilines is 1. The van der Waals surface area contributed by atoms with E-state index in [9.17, 15) is 0 Å². The average molecular weight is 296 g/mol. The van der Waals surface area contributed by atoms with Gasteiger partial charge in [-0.1, -0.05) is 20.8 Å². The number of aromatic nitrogens is 1. The van der Waals surface area contributed by atoms with Gasteiger partial charge in [-0.3, -0.25) is 4.90 Å². The van der Waals surface area contributed by atoms with Crippen molar-refractivity contribution in [2.24, 2.45) is 5.41 Å². The van der Waals surface area contributed by atoms with E-state index in [1.54, 1.807) is 11.3 Å². The molecule has 114 valence electrons. The van der Waals surface area contributed by atoms with E-state index in [4.69, 9.17) is 0 Å². The van der Waals surface area contributed by atoms with Crippen LogP contribution >= 0.6 is 11.3 Å². The Balaban J connectivity index is 1.56. The second-order valence-corrected chi connectivity index (χ2v) is 7.58. The van der Waals surface area contributed by atoms with Crippen molar-refractivity contribution in [3.63, 3.8) is 0 Å². The van der Waals surface area contributed by atoms with Crippen molar-refractivity contribution in [3.8, 4) is 0 Å². The molecule has 0 aliphatic carbocycles. The Morgan fingerprint density at radius 3 is 2.55 bits per heavy atom. The fourth-order valence-electron chi connectivity index (χ4n) is 2.36. The highest BCUT2D eigenvalue weighted by Crippen LogP contribution is 2.19. The molecule has 1 saturated heterocycles. The van der Waals surface area contributed by atoms with Crippen LogP contribution in [0.5, 0.6) is 0 Å². The molecular formula is C15H28N4S. The van der Waals surface area contributed by atoms with Crippen LogP contribution in [-0.4, -0.2) is 55.7 Å². The molecule has 1 aromatic rings. The van der Waals surface area contributed by atoms with Crippen molar-refractivity contribution in [2.75, 3.05) is 50.7 Å². The number of thiazole rings is 1. The molecule has 0 saturated carbocycles. The Morgan fingerprint density at radius 2 is 1.95 bits per heavy atom. The van der Waals surface area contributed by atoms with Gasteiger partial charge in [-0.15, -0.1) is 11.3 Å². The number of hydrogen-bond donors (Lipinski definition) is 1. The minimum atomic E-state index is 0.437. The number of hydrogen-bond acceptors (Lipinski definition) is 5. The first-order valence-electron chi connectivity index (χ1n) is 7.62. The molecule has 0 radical (unpaired) electrons. The van der Waals surface area contributed by atoms with E-state index in [1.165, 1.54) is 11.6 Å². The first kappa shape index (κ1) is 15.7. The van der Waals surface area contributed by atoms with Gasteiger partial charge >= 0.3 is 0 Å². The lowest BCUT2D eigenvalue weighted by Crippen LogP contribution is -2.48. The summed E-state index contributed by atoms with van der Waals surface area (Å²) >= 11 is 1.74. The van der Waals surface area contributed by atoms with E-state index >= 15 is 0 Å². The quantitative estimate of drug-likeness (QED) is 0.816. The van der Waals surface area contributed by atoms with E-state index in [0.29, 0.717) is 5.41 Å². The smallest absolute Gasteiger partial charge is 0.185 e. The van der Waals surface area contributed by atoms with Crippen molar-refractivity contribution >= 4 is 16.5 Å². The molecule has 2 heterocycles. The van der Waals surface area contributed by atoms with E-state index in [1.807, 2.05) is 6.20 Å². The summed E-state index contributed by atoms with van der Waals surface area (Å²) < 4.78 is 0. The van der Waals surface area contributed by atoms with Crippen LogP contribution in [0.1, 0.15) is 27.2 Å². The highest BCUT2D eigenvalue weighted by Gasteiger charge is 2.18.